The highest BCUT2D eigenvalue weighted by Gasteiger charge is 2.20. The summed E-state index contributed by atoms with van der Waals surface area (Å²) in [5.41, 5.74) is 2.53. The van der Waals surface area contributed by atoms with Gasteiger partial charge in [0.1, 0.15) is 5.78 Å². The first-order valence-corrected chi connectivity index (χ1v) is 5.08. The van der Waals surface area contributed by atoms with Crippen LogP contribution in [0.1, 0.15) is 30.0 Å². The van der Waals surface area contributed by atoms with Crippen LogP contribution in [0.2, 0.25) is 0 Å². The van der Waals surface area contributed by atoms with E-state index in [0.717, 1.165) is 6.54 Å². The molecule has 1 unspecified atom stereocenters. The first kappa shape index (κ1) is 12.2. The summed E-state index contributed by atoms with van der Waals surface area (Å²) >= 11 is 0. The lowest BCUT2D eigenvalue weighted by Crippen LogP contribution is -2.32. The van der Waals surface area contributed by atoms with E-state index in [1.54, 1.807) is 0 Å². The molecule has 1 saturated heterocycles. The maximum atomic E-state index is 11.3. The van der Waals surface area contributed by atoms with Gasteiger partial charge < -0.3 is 5.32 Å². The number of halogens is 1. The molecule has 3 heteroatoms. The Bertz CT molecular complexity index is 351. The fraction of sp³-hybridized carbons (Fsp3) is 0.417. The number of carbonyl (C=O) groups is 1. The third-order valence-corrected chi connectivity index (χ3v) is 2.79. The molecular formula is C12H16ClNO. The fourth-order valence-corrected chi connectivity index (χ4v) is 1.99. The molecule has 82 valence electrons. The molecular weight excluding hydrogens is 210 g/mol. The molecule has 1 aromatic carbocycles. The number of aryl methyl sites for hydroxylation is 1. The normalized spacial score (nSPS) is 20.9. The van der Waals surface area contributed by atoms with Crippen molar-refractivity contribution in [2.75, 3.05) is 6.54 Å². The van der Waals surface area contributed by atoms with Crippen molar-refractivity contribution in [3.05, 3.63) is 35.4 Å². The molecule has 0 aromatic heterocycles. The summed E-state index contributed by atoms with van der Waals surface area (Å²) in [7, 11) is 0. The predicted molar refractivity (Wildman–Crippen MR) is 63.4 cm³/mol. The summed E-state index contributed by atoms with van der Waals surface area (Å²) < 4.78 is 0. The summed E-state index contributed by atoms with van der Waals surface area (Å²) in [4.78, 5) is 11.3. The number of rotatable bonds is 1. The van der Waals surface area contributed by atoms with E-state index in [4.69, 9.17) is 0 Å². The van der Waals surface area contributed by atoms with Gasteiger partial charge in [-0.25, -0.2) is 0 Å². The summed E-state index contributed by atoms with van der Waals surface area (Å²) in [6.07, 6.45) is 1.33. The van der Waals surface area contributed by atoms with Crippen LogP contribution in [0, 0.1) is 6.92 Å². The minimum atomic E-state index is 0. The zero-order valence-corrected chi connectivity index (χ0v) is 9.64. The van der Waals surface area contributed by atoms with Crippen LogP contribution in [0.3, 0.4) is 0 Å². The van der Waals surface area contributed by atoms with Gasteiger partial charge in [-0.05, 0) is 18.1 Å². The van der Waals surface area contributed by atoms with Gasteiger partial charge in [-0.15, -0.1) is 12.4 Å². The van der Waals surface area contributed by atoms with Crippen LogP contribution in [-0.2, 0) is 4.79 Å². The summed E-state index contributed by atoms with van der Waals surface area (Å²) in [5, 5.41) is 3.39. The zero-order valence-electron chi connectivity index (χ0n) is 8.82. The number of benzene rings is 1. The molecule has 1 atom stereocenters. The van der Waals surface area contributed by atoms with Crippen molar-refractivity contribution in [1.29, 1.82) is 0 Å². The molecule has 1 fully saturated rings. The molecule has 1 heterocycles. The van der Waals surface area contributed by atoms with Crippen molar-refractivity contribution >= 4 is 18.2 Å². The monoisotopic (exact) mass is 225 g/mol. The topological polar surface area (TPSA) is 29.1 Å². The van der Waals surface area contributed by atoms with E-state index in [0.29, 0.717) is 18.6 Å². The SMILES string of the molecule is Cc1ccccc1C1CC(=O)CCN1.Cl. The Morgan fingerprint density at radius 2 is 2.07 bits per heavy atom. The molecule has 1 aromatic rings. The summed E-state index contributed by atoms with van der Waals surface area (Å²) in [5.74, 6) is 0.372. The minimum Gasteiger partial charge on any atom is -0.309 e. The van der Waals surface area contributed by atoms with E-state index in [1.165, 1.54) is 11.1 Å². The fourth-order valence-electron chi connectivity index (χ4n) is 1.99. The van der Waals surface area contributed by atoms with Crippen molar-refractivity contribution in [2.24, 2.45) is 0 Å². The average Bonchev–Trinajstić information content (AvgIpc) is 2.18. The molecule has 0 radical (unpaired) electrons. The second-order valence-corrected chi connectivity index (χ2v) is 3.86. The molecule has 1 aliphatic rings. The highest BCUT2D eigenvalue weighted by Crippen LogP contribution is 2.23. The van der Waals surface area contributed by atoms with Gasteiger partial charge >= 0.3 is 0 Å². The first-order chi connectivity index (χ1) is 6.77. The Morgan fingerprint density at radius 1 is 1.33 bits per heavy atom. The number of ketones is 1. The average molecular weight is 226 g/mol. The van der Waals surface area contributed by atoms with Gasteiger partial charge in [0.15, 0.2) is 0 Å². The Hall–Kier alpha value is -0.860. The zero-order chi connectivity index (χ0) is 9.97. The number of carbonyl (C=O) groups excluding carboxylic acids is 1. The van der Waals surface area contributed by atoms with Gasteiger partial charge in [-0.2, -0.15) is 0 Å². The minimum absolute atomic E-state index is 0. The third-order valence-electron chi connectivity index (χ3n) is 2.79. The molecule has 0 aliphatic carbocycles. The number of hydrogen-bond donors (Lipinski definition) is 1. The molecule has 2 rings (SSSR count). The molecule has 0 bridgehead atoms. The van der Waals surface area contributed by atoms with Gasteiger partial charge in [-0.3, -0.25) is 4.79 Å². The van der Waals surface area contributed by atoms with Crippen LogP contribution in [0.15, 0.2) is 24.3 Å². The second-order valence-electron chi connectivity index (χ2n) is 3.86. The van der Waals surface area contributed by atoms with Crippen molar-refractivity contribution in [1.82, 2.24) is 5.32 Å². The van der Waals surface area contributed by atoms with E-state index in [-0.39, 0.29) is 18.4 Å². The quantitative estimate of drug-likeness (QED) is 0.796. The van der Waals surface area contributed by atoms with Crippen LogP contribution < -0.4 is 5.32 Å². The van der Waals surface area contributed by atoms with Crippen molar-refractivity contribution in [3.8, 4) is 0 Å². The van der Waals surface area contributed by atoms with Crippen LogP contribution in [0.4, 0.5) is 0 Å². The maximum Gasteiger partial charge on any atom is 0.136 e. The Kier molecular flexibility index (Phi) is 4.30. The Balaban J connectivity index is 0.00000112. The summed E-state index contributed by atoms with van der Waals surface area (Å²) in [6, 6.07) is 8.49. The number of hydrogen-bond acceptors (Lipinski definition) is 2. The molecule has 15 heavy (non-hydrogen) atoms. The number of Topliss-reactive ketones (excluding diaryl/α,β-unsaturated/α-hetero) is 1. The summed E-state index contributed by atoms with van der Waals surface area (Å²) in [6.45, 7) is 2.91. The highest BCUT2D eigenvalue weighted by atomic mass is 35.5. The van der Waals surface area contributed by atoms with E-state index < -0.39 is 0 Å². The predicted octanol–water partition coefficient (Wildman–Crippen LogP) is 2.41. The lowest BCUT2D eigenvalue weighted by molar-refractivity contribution is -0.120. The maximum absolute atomic E-state index is 11.3. The van der Waals surface area contributed by atoms with E-state index >= 15 is 0 Å². The largest absolute Gasteiger partial charge is 0.309 e. The van der Waals surface area contributed by atoms with E-state index in [2.05, 4.69) is 24.4 Å². The lowest BCUT2D eigenvalue weighted by atomic mass is 9.94. The Morgan fingerprint density at radius 3 is 2.73 bits per heavy atom. The second kappa shape index (κ2) is 5.29. The van der Waals surface area contributed by atoms with Crippen LogP contribution in [-0.4, -0.2) is 12.3 Å². The smallest absolute Gasteiger partial charge is 0.136 e. The molecule has 1 aliphatic heterocycles. The van der Waals surface area contributed by atoms with E-state index in [9.17, 15) is 4.79 Å². The van der Waals surface area contributed by atoms with Gasteiger partial charge in [-0.1, -0.05) is 24.3 Å². The van der Waals surface area contributed by atoms with Crippen molar-refractivity contribution < 1.29 is 4.79 Å². The van der Waals surface area contributed by atoms with Crippen LogP contribution >= 0.6 is 12.4 Å². The standard InChI is InChI=1S/C12H15NO.ClH/c1-9-4-2-3-5-11(9)12-8-10(14)6-7-13-12;/h2-5,12-13H,6-8H2,1H3;1H. The van der Waals surface area contributed by atoms with Crippen molar-refractivity contribution in [2.45, 2.75) is 25.8 Å². The molecule has 2 nitrogen and oxygen atoms in total. The Labute approximate surface area is 96.5 Å². The van der Waals surface area contributed by atoms with Gasteiger partial charge in [0, 0.05) is 25.4 Å². The third kappa shape index (κ3) is 2.80. The highest BCUT2D eigenvalue weighted by molar-refractivity contribution is 5.85. The van der Waals surface area contributed by atoms with Crippen LogP contribution in [0.5, 0.6) is 0 Å². The van der Waals surface area contributed by atoms with Gasteiger partial charge in [0.25, 0.3) is 0 Å². The van der Waals surface area contributed by atoms with E-state index in [1.807, 2.05) is 12.1 Å². The van der Waals surface area contributed by atoms with Gasteiger partial charge in [0.2, 0.25) is 0 Å². The van der Waals surface area contributed by atoms with Crippen molar-refractivity contribution in [3.63, 3.8) is 0 Å². The van der Waals surface area contributed by atoms with Gasteiger partial charge in [0.05, 0.1) is 0 Å². The first-order valence-electron chi connectivity index (χ1n) is 5.08. The molecule has 0 saturated carbocycles. The molecule has 0 spiro atoms. The number of nitrogens with one attached hydrogen (secondary N) is 1. The molecule has 1 N–H and O–H groups in total. The number of piperidine rings is 1. The van der Waals surface area contributed by atoms with Crippen LogP contribution in [0.25, 0.3) is 0 Å². The molecule has 0 amide bonds. The lowest BCUT2D eigenvalue weighted by Gasteiger charge is -2.24.